The summed E-state index contributed by atoms with van der Waals surface area (Å²) in [5.74, 6) is -0.154. The van der Waals surface area contributed by atoms with Gasteiger partial charge >= 0.3 is 0 Å². The van der Waals surface area contributed by atoms with Crippen LogP contribution in [0.3, 0.4) is 0 Å². The number of nitrogens with one attached hydrogen (secondary N) is 2. The number of carbonyl (C=O) groups excluding carboxylic acids is 2. The quantitative estimate of drug-likeness (QED) is 0.819. The maximum absolute atomic E-state index is 13.9. The molecule has 0 heterocycles. The Bertz CT molecular complexity index is 391. The number of hydrogen-bond donors (Lipinski definition) is 2. The van der Waals surface area contributed by atoms with E-state index in [1.165, 1.54) is 0 Å². The van der Waals surface area contributed by atoms with Crippen LogP contribution in [0.5, 0.6) is 0 Å². The normalized spacial score (nSPS) is 24.0. The second-order valence-corrected chi connectivity index (χ2v) is 7.82. The molecule has 1 fully saturated rings. The second-order valence-electron chi connectivity index (χ2n) is 7.82. The van der Waals surface area contributed by atoms with Crippen molar-refractivity contribution < 1.29 is 14.0 Å². The van der Waals surface area contributed by atoms with Crippen molar-refractivity contribution in [2.75, 3.05) is 0 Å². The smallest absolute Gasteiger partial charge is 0.242 e. The Hall–Kier alpha value is -1.13. The van der Waals surface area contributed by atoms with Gasteiger partial charge in [0.2, 0.25) is 11.8 Å². The first-order chi connectivity index (χ1) is 10.1. The second kappa shape index (κ2) is 7.93. The molecule has 2 N–H and O–H groups in total. The van der Waals surface area contributed by atoms with Crippen molar-refractivity contribution in [1.29, 1.82) is 0 Å². The van der Waals surface area contributed by atoms with Crippen LogP contribution in [0.2, 0.25) is 0 Å². The molecule has 0 aromatic heterocycles. The lowest BCUT2D eigenvalue weighted by atomic mass is 9.92. The van der Waals surface area contributed by atoms with Crippen LogP contribution < -0.4 is 10.6 Å². The molecule has 2 amide bonds. The summed E-state index contributed by atoms with van der Waals surface area (Å²) in [4.78, 5) is 24.6. The van der Waals surface area contributed by atoms with E-state index in [9.17, 15) is 14.0 Å². The van der Waals surface area contributed by atoms with Crippen molar-refractivity contribution >= 4 is 11.8 Å². The van der Waals surface area contributed by atoms with E-state index in [1.54, 1.807) is 0 Å². The van der Waals surface area contributed by atoms with Gasteiger partial charge in [-0.3, -0.25) is 9.59 Å². The largest absolute Gasteiger partial charge is 0.349 e. The van der Waals surface area contributed by atoms with Gasteiger partial charge in [0.25, 0.3) is 0 Å². The lowest BCUT2D eigenvalue weighted by Gasteiger charge is -2.30. The van der Waals surface area contributed by atoms with Gasteiger partial charge in [-0.25, -0.2) is 4.39 Å². The fraction of sp³-hybridized carbons (Fsp3) is 0.882. The number of hydrogen-bond acceptors (Lipinski definition) is 2. The third-order valence-corrected chi connectivity index (χ3v) is 4.02. The zero-order chi connectivity index (χ0) is 16.9. The highest BCUT2D eigenvalue weighted by atomic mass is 19.1. The maximum Gasteiger partial charge on any atom is 0.242 e. The van der Waals surface area contributed by atoms with E-state index in [-0.39, 0.29) is 17.7 Å². The molecular formula is C17H31FN2O2. The predicted octanol–water partition coefficient (Wildman–Crippen LogP) is 2.96. The first kappa shape index (κ1) is 18.9. The summed E-state index contributed by atoms with van der Waals surface area (Å²) < 4.78 is 13.9. The summed E-state index contributed by atoms with van der Waals surface area (Å²) in [6, 6.07) is -1.01. The van der Waals surface area contributed by atoms with Gasteiger partial charge in [-0.2, -0.15) is 0 Å². The van der Waals surface area contributed by atoms with Crippen LogP contribution in [0.4, 0.5) is 4.39 Å². The molecule has 4 nitrogen and oxygen atoms in total. The number of rotatable bonds is 5. The SMILES string of the molecule is CC(C)C[C@H](NC(=O)C(C)(C)C)C(=O)N[C@@H]1CCCC[C@@H]1F. The molecule has 22 heavy (non-hydrogen) atoms. The Morgan fingerprint density at radius 3 is 2.27 bits per heavy atom. The molecule has 1 aliphatic carbocycles. The monoisotopic (exact) mass is 314 g/mol. The van der Waals surface area contributed by atoms with E-state index in [0.717, 1.165) is 12.8 Å². The van der Waals surface area contributed by atoms with Gasteiger partial charge in [0.05, 0.1) is 6.04 Å². The number of halogens is 1. The summed E-state index contributed by atoms with van der Waals surface area (Å²) in [6.07, 6.45) is 2.58. The van der Waals surface area contributed by atoms with E-state index < -0.39 is 23.7 Å². The van der Waals surface area contributed by atoms with Gasteiger partial charge in [-0.05, 0) is 25.2 Å². The van der Waals surface area contributed by atoms with Crippen molar-refractivity contribution in [3.05, 3.63) is 0 Å². The first-order valence-electron chi connectivity index (χ1n) is 8.36. The van der Waals surface area contributed by atoms with Crippen molar-refractivity contribution in [3.8, 4) is 0 Å². The van der Waals surface area contributed by atoms with Crippen LogP contribution in [-0.4, -0.2) is 30.1 Å². The van der Waals surface area contributed by atoms with Crippen LogP contribution in [0.15, 0.2) is 0 Å². The average Bonchev–Trinajstić information content (AvgIpc) is 2.38. The Morgan fingerprint density at radius 1 is 1.18 bits per heavy atom. The minimum absolute atomic E-state index is 0.159. The van der Waals surface area contributed by atoms with E-state index in [0.29, 0.717) is 19.3 Å². The van der Waals surface area contributed by atoms with Crippen molar-refractivity contribution in [1.82, 2.24) is 10.6 Å². The molecule has 0 saturated heterocycles. The summed E-state index contributed by atoms with van der Waals surface area (Å²) in [5.41, 5.74) is -0.553. The van der Waals surface area contributed by atoms with Gasteiger partial charge in [-0.1, -0.05) is 47.5 Å². The molecule has 128 valence electrons. The summed E-state index contributed by atoms with van der Waals surface area (Å²) in [5, 5.41) is 5.62. The topological polar surface area (TPSA) is 58.2 Å². The van der Waals surface area contributed by atoms with Gasteiger partial charge in [-0.15, -0.1) is 0 Å². The fourth-order valence-corrected chi connectivity index (χ4v) is 2.61. The maximum atomic E-state index is 13.9. The molecule has 1 saturated carbocycles. The number of alkyl halides is 1. The molecule has 0 aromatic rings. The highest BCUT2D eigenvalue weighted by molar-refractivity contribution is 5.89. The third-order valence-electron chi connectivity index (χ3n) is 4.02. The number of carbonyl (C=O) groups is 2. The molecule has 0 unspecified atom stereocenters. The van der Waals surface area contributed by atoms with E-state index >= 15 is 0 Å². The highest BCUT2D eigenvalue weighted by Gasteiger charge is 2.31. The molecular weight excluding hydrogens is 283 g/mol. The fourth-order valence-electron chi connectivity index (χ4n) is 2.61. The third kappa shape index (κ3) is 5.93. The molecule has 5 heteroatoms. The number of amides is 2. The lowest BCUT2D eigenvalue weighted by molar-refractivity contribution is -0.134. The summed E-state index contributed by atoms with van der Waals surface area (Å²) in [6.45, 7) is 9.44. The van der Waals surface area contributed by atoms with Gasteiger partial charge < -0.3 is 10.6 Å². The Morgan fingerprint density at radius 2 is 1.77 bits per heavy atom. The standard InChI is InChI=1S/C17H31FN2O2/c1-11(2)10-14(20-16(22)17(3,4)5)15(21)19-13-9-7-6-8-12(13)18/h11-14H,6-10H2,1-5H3,(H,19,21)(H,20,22)/t12-,13+,14-/m0/s1. The van der Waals surface area contributed by atoms with Gasteiger partial charge in [0.1, 0.15) is 12.2 Å². The van der Waals surface area contributed by atoms with Crippen LogP contribution >= 0.6 is 0 Å². The highest BCUT2D eigenvalue weighted by Crippen LogP contribution is 2.21. The molecule has 1 rings (SSSR count). The van der Waals surface area contributed by atoms with E-state index in [4.69, 9.17) is 0 Å². The zero-order valence-electron chi connectivity index (χ0n) is 14.5. The lowest BCUT2D eigenvalue weighted by Crippen LogP contribution is -2.54. The Balaban J connectivity index is 2.69. The zero-order valence-corrected chi connectivity index (χ0v) is 14.5. The first-order valence-corrected chi connectivity index (χ1v) is 8.36. The van der Waals surface area contributed by atoms with Crippen molar-refractivity contribution in [3.63, 3.8) is 0 Å². The van der Waals surface area contributed by atoms with Crippen LogP contribution in [0.1, 0.15) is 66.7 Å². The van der Waals surface area contributed by atoms with Gasteiger partial charge in [0, 0.05) is 5.41 Å². The average molecular weight is 314 g/mol. The van der Waals surface area contributed by atoms with E-state index in [1.807, 2.05) is 34.6 Å². The van der Waals surface area contributed by atoms with Crippen LogP contribution in [0, 0.1) is 11.3 Å². The molecule has 0 radical (unpaired) electrons. The molecule has 0 bridgehead atoms. The molecule has 3 atom stereocenters. The molecule has 0 spiro atoms. The minimum Gasteiger partial charge on any atom is -0.349 e. The molecule has 1 aliphatic rings. The van der Waals surface area contributed by atoms with Crippen LogP contribution in [-0.2, 0) is 9.59 Å². The van der Waals surface area contributed by atoms with Crippen molar-refractivity contribution in [2.24, 2.45) is 11.3 Å². The summed E-state index contributed by atoms with van der Waals surface area (Å²) in [7, 11) is 0. The van der Waals surface area contributed by atoms with Crippen LogP contribution in [0.25, 0.3) is 0 Å². The van der Waals surface area contributed by atoms with Crippen molar-refractivity contribution in [2.45, 2.75) is 85.0 Å². The Kier molecular flexibility index (Phi) is 6.82. The minimum atomic E-state index is -0.976. The Labute approximate surface area is 133 Å². The van der Waals surface area contributed by atoms with E-state index in [2.05, 4.69) is 10.6 Å². The molecule has 0 aromatic carbocycles. The summed E-state index contributed by atoms with van der Waals surface area (Å²) >= 11 is 0. The predicted molar refractivity (Wildman–Crippen MR) is 86.1 cm³/mol. The molecule has 0 aliphatic heterocycles. The van der Waals surface area contributed by atoms with Gasteiger partial charge in [0.15, 0.2) is 0 Å².